The van der Waals surface area contributed by atoms with Gasteiger partial charge in [0.05, 0.1) is 0 Å². The van der Waals surface area contributed by atoms with Crippen LogP contribution in [0.15, 0.2) is 42.6 Å². The Morgan fingerprint density at radius 3 is 2.75 bits per heavy atom. The van der Waals surface area contributed by atoms with E-state index in [0.717, 1.165) is 30.4 Å². The van der Waals surface area contributed by atoms with E-state index in [1.165, 1.54) is 18.4 Å². The average Bonchev–Trinajstić information content (AvgIpc) is 3.06. The number of anilines is 1. The number of aromatic nitrogens is 2. The standard InChI is InChI=1S/C19H25ClN4/c1-3-18(15-8-10-16(20)11-9-15)23(2)14-17-6-5-13-24(17)19-7-4-12-21-22-19/h4,7-12,17-18H,3,5-6,13-14H2,1-2H3. The summed E-state index contributed by atoms with van der Waals surface area (Å²) in [5, 5.41) is 9.12. The van der Waals surface area contributed by atoms with E-state index in [9.17, 15) is 0 Å². The van der Waals surface area contributed by atoms with Gasteiger partial charge in [-0.05, 0) is 56.1 Å². The lowest BCUT2D eigenvalue weighted by molar-refractivity contribution is 0.224. The van der Waals surface area contributed by atoms with E-state index in [2.05, 4.69) is 52.2 Å². The van der Waals surface area contributed by atoms with Gasteiger partial charge in [-0.3, -0.25) is 4.90 Å². The SMILES string of the molecule is CCC(c1ccc(Cl)cc1)N(C)CC1CCCN1c1cccnn1. The number of hydrogen-bond donors (Lipinski definition) is 0. The van der Waals surface area contributed by atoms with E-state index >= 15 is 0 Å². The number of nitrogens with zero attached hydrogens (tertiary/aromatic N) is 4. The minimum absolute atomic E-state index is 0.409. The first-order valence-electron chi connectivity index (χ1n) is 8.69. The van der Waals surface area contributed by atoms with Crippen molar-refractivity contribution in [3.05, 3.63) is 53.2 Å². The Labute approximate surface area is 149 Å². The molecule has 24 heavy (non-hydrogen) atoms. The van der Waals surface area contributed by atoms with E-state index in [1.807, 2.05) is 18.2 Å². The zero-order chi connectivity index (χ0) is 16.9. The average molecular weight is 345 g/mol. The third-order valence-corrected chi connectivity index (χ3v) is 5.15. The summed E-state index contributed by atoms with van der Waals surface area (Å²) < 4.78 is 0. The van der Waals surface area contributed by atoms with Gasteiger partial charge in [0.2, 0.25) is 0 Å². The summed E-state index contributed by atoms with van der Waals surface area (Å²) in [6, 6.07) is 13.2. The summed E-state index contributed by atoms with van der Waals surface area (Å²) in [4.78, 5) is 4.86. The van der Waals surface area contributed by atoms with Crippen molar-refractivity contribution >= 4 is 17.4 Å². The van der Waals surface area contributed by atoms with Crippen LogP contribution in [0.25, 0.3) is 0 Å². The summed E-state index contributed by atoms with van der Waals surface area (Å²) >= 11 is 6.03. The van der Waals surface area contributed by atoms with Gasteiger partial charge in [0.15, 0.2) is 5.82 Å². The fraction of sp³-hybridized carbons (Fsp3) is 0.474. The van der Waals surface area contributed by atoms with Crippen LogP contribution in [-0.2, 0) is 0 Å². The second-order valence-electron chi connectivity index (χ2n) is 6.49. The summed E-state index contributed by atoms with van der Waals surface area (Å²) in [6.45, 7) is 4.33. The number of hydrogen-bond acceptors (Lipinski definition) is 4. The minimum Gasteiger partial charge on any atom is -0.351 e. The summed E-state index contributed by atoms with van der Waals surface area (Å²) in [6.07, 6.45) is 5.23. The second kappa shape index (κ2) is 7.95. The smallest absolute Gasteiger partial charge is 0.151 e. The molecule has 1 aliphatic heterocycles. The van der Waals surface area contributed by atoms with Crippen molar-refractivity contribution in [2.45, 2.75) is 38.3 Å². The van der Waals surface area contributed by atoms with Crippen LogP contribution in [0.3, 0.4) is 0 Å². The molecule has 4 nitrogen and oxygen atoms in total. The molecule has 2 heterocycles. The Bertz CT molecular complexity index is 632. The quantitative estimate of drug-likeness (QED) is 0.786. The highest BCUT2D eigenvalue weighted by Crippen LogP contribution is 2.28. The highest BCUT2D eigenvalue weighted by Gasteiger charge is 2.28. The molecule has 0 aliphatic carbocycles. The van der Waals surface area contributed by atoms with Crippen molar-refractivity contribution in [1.29, 1.82) is 0 Å². The molecule has 128 valence electrons. The van der Waals surface area contributed by atoms with E-state index in [-0.39, 0.29) is 0 Å². The van der Waals surface area contributed by atoms with Gasteiger partial charge in [0.1, 0.15) is 0 Å². The Morgan fingerprint density at radius 1 is 1.29 bits per heavy atom. The van der Waals surface area contributed by atoms with Crippen LogP contribution >= 0.6 is 11.6 Å². The van der Waals surface area contributed by atoms with Gasteiger partial charge >= 0.3 is 0 Å². The number of halogens is 1. The zero-order valence-electron chi connectivity index (χ0n) is 14.4. The predicted octanol–water partition coefficient (Wildman–Crippen LogP) is 4.18. The van der Waals surface area contributed by atoms with Crippen LogP contribution in [0.1, 0.15) is 37.8 Å². The normalized spacial score (nSPS) is 19.0. The number of benzene rings is 1. The van der Waals surface area contributed by atoms with E-state index in [1.54, 1.807) is 6.20 Å². The first-order valence-corrected chi connectivity index (χ1v) is 9.07. The van der Waals surface area contributed by atoms with Gasteiger partial charge in [-0.1, -0.05) is 30.7 Å². The molecule has 3 rings (SSSR count). The fourth-order valence-electron chi connectivity index (χ4n) is 3.72. The van der Waals surface area contributed by atoms with Crippen molar-refractivity contribution in [1.82, 2.24) is 15.1 Å². The molecule has 1 saturated heterocycles. The molecule has 5 heteroatoms. The molecule has 0 amide bonds. The summed E-state index contributed by atoms with van der Waals surface area (Å²) in [5.41, 5.74) is 1.33. The van der Waals surface area contributed by atoms with E-state index in [4.69, 9.17) is 11.6 Å². The van der Waals surface area contributed by atoms with Crippen molar-refractivity contribution in [3.8, 4) is 0 Å². The molecule has 1 aromatic heterocycles. The molecule has 1 aromatic carbocycles. The van der Waals surface area contributed by atoms with Crippen molar-refractivity contribution in [3.63, 3.8) is 0 Å². The van der Waals surface area contributed by atoms with Crippen LogP contribution in [0.5, 0.6) is 0 Å². The zero-order valence-corrected chi connectivity index (χ0v) is 15.2. The molecule has 0 spiro atoms. The highest BCUT2D eigenvalue weighted by molar-refractivity contribution is 6.30. The van der Waals surface area contributed by atoms with Crippen LogP contribution in [-0.4, -0.2) is 41.3 Å². The number of likely N-dealkylation sites (N-methyl/N-ethyl adjacent to an activating group) is 1. The lowest BCUT2D eigenvalue weighted by Crippen LogP contribution is -2.40. The predicted molar refractivity (Wildman–Crippen MR) is 99.5 cm³/mol. The minimum atomic E-state index is 0.409. The molecule has 2 unspecified atom stereocenters. The Balaban J connectivity index is 1.70. The third kappa shape index (κ3) is 3.87. The largest absolute Gasteiger partial charge is 0.351 e. The van der Waals surface area contributed by atoms with Gasteiger partial charge in [-0.2, -0.15) is 5.10 Å². The van der Waals surface area contributed by atoms with Crippen LogP contribution in [0.4, 0.5) is 5.82 Å². The van der Waals surface area contributed by atoms with Crippen LogP contribution in [0, 0.1) is 0 Å². The summed E-state index contributed by atoms with van der Waals surface area (Å²) in [7, 11) is 2.22. The lowest BCUT2D eigenvalue weighted by Gasteiger charge is -2.33. The molecule has 0 bridgehead atoms. The highest BCUT2D eigenvalue weighted by atomic mass is 35.5. The Hall–Kier alpha value is -1.65. The van der Waals surface area contributed by atoms with Crippen LogP contribution < -0.4 is 4.90 Å². The Morgan fingerprint density at radius 2 is 2.08 bits per heavy atom. The summed E-state index contributed by atoms with van der Waals surface area (Å²) in [5.74, 6) is 0.993. The van der Waals surface area contributed by atoms with Gasteiger partial charge < -0.3 is 4.90 Å². The van der Waals surface area contributed by atoms with Crippen molar-refractivity contribution < 1.29 is 0 Å². The maximum Gasteiger partial charge on any atom is 0.151 e. The first-order chi connectivity index (χ1) is 11.7. The first kappa shape index (κ1) is 17.2. The van der Waals surface area contributed by atoms with Crippen LogP contribution in [0.2, 0.25) is 5.02 Å². The maximum absolute atomic E-state index is 6.03. The molecule has 0 N–H and O–H groups in total. The van der Waals surface area contributed by atoms with Gasteiger partial charge in [-0.15, -0.1) is 5.10 Å². The number of rotatable bonds is 6. The van der Waals surface area contributed by atoms with Crippen molar-refractivity contribution in [2.75, 3.05) is 25.0 Å². The van der Waals surface area contributed by atoms with E-state index < -0.39 is 0 Å². The Kier molecular flexibility index (Phi) is 5.69. The maximum atomic E-state index is 6.03. The molecule has 2 aromatic rings. The second-order valence-corrected chi connectivity index (χ2v) is 6.92. The molecule has 0 radical (unpaired) electrons. The molecule has 0 saturated carbocycles. The topological polar surface area (TPSA) is 32.3 Å². The fourth-order valence-corrected chi connectivity index (χ4v) is 3.85. The van der Waals surface area contributed by atoms with Gasteiger partial charge in [0, 0.05) is 36.4 Å². The molecule has 2 atom stereocenters. The molecular formula is C19H25ClN4. The van der Waals surface area contributed by atoms with Gasteiger partial charge in [0.25, 0.3) is 0 Å². The van der Waals surface area contributed by atoms with Gasteiger partial charge in [-0.25, -0.2) is 0 Å². The molecule has 1 fully saturated rings. The lowest BCUT2D eigenvalue weighted by atomic mass is 10.0. The molecule has 1 aliphatic rings. The van der Waals surface area contributed by atoms with E-state index in [0.29, 0.717) is 12.1 Å². The molecular weight excluding hydrogens is 320 g/mol. The van der Waals surface area contributed by atoms with Crippen molar-refractivity contribution in [2.24, 2.45) is 0 Å². The third-order valence-electron chi connectivity index (χ3n) is 4.90. The monoisotopic (exact) mass is 344 g/mol.